The third-order valence-electron chi connectivity index (χ3n) is 3.43. The number of fused-ring (bicyclic) bond motifs is 1. The second kappa shape index (κ2) is 4.80. The van der Waals surface area contributed by atoms with Gasteiger partial charge in [-0.2, -0.15) is 0 Å². The highest BCUT2D eigenvalue weighted by atomic mass is 16.5. The predicted molar refractivity (Wildman–Crippen MR) is 69.2 cm³/mol. The van der Waals surface area contributed by atoms with Crippen LogP contribution in [0.3, 0.4) is 0 Å². The fourth-order valence-electron chi connectivity index (χ4n) is 2.38. The number of benzene rings is 1. The third kappa shape index (κ3) is 1.78. The summed E-state index contributed by atoms with van der Waals surface area (Å²) in [6, 6.07) is 5.28. The van der Waals surface area contributed by atoms with Crippen molar-refractivity contribution in [3.8, 4) is 5.75 Å². The number of nitrogens with zero attached hydrogens (tertiary/aromatic N) is 1. The first kappa shape index (κ1) is 12.6. The largest absolute Gasteiger partial charge is 0.497 e. The van der Waals surface area contributed by atoms with Gasteiger partial charge in [-0.05, 0) is 31.0 Å². The summed E-state index contributed by atoms with van der Waals surface area (Å²) >= 11 is 0. The number of anilines is 1. The van der Waals surface area contributed by atoms with Crippen LogP contribution in [0.4, 0.5) is 5.69 Å². The SMILES string of the molecule is CCC(CC)N1C(=O)C(=O)c2cc(OC)ccc21. The van der Waals surface area contributed by atoms with Crippen LogP contribution in [0, 0.1) is 0 Å². The minimum atomic E-state index is -0.434. The van der Waals surface area contributed by atoms with Crippen molar-refractivity contribution >= 4 is 17.4 Å². The van der Waals surface area contributed by atoms with E-state index >= 15 is 0 Å². The van der Waals surface area contributed by atoms with E-state index in [1.165, 1.54) is 0 Å². The van der Waals surface area contributed by atoms with Gasteiger partial charge in [0.15, 0.2) is 0 Å². The van der Waals surface area contributed by atoms with E-state index in [-0.39, 0.29) is 6.04 Å². The van der Waals surface area contributed by atoms with Gasteiger partial charge in [0.05, 0.1) is 18.4 Å². The first-order chi connectivity index (χ1) is 8.63. The van der Waals surface area contributed by atoms with Crippen LogP contribution >= 0.6 is 0 Å². The normalized spacial score (nSPS) is 14.3. The number of rotatable bonds is 4. The molecule has 0 bridgehead atoms. The number of amides is 1. The van der Waals surface area contributed by atoms with Crippen LogP contribution in [0.1, 0.15) is 37.0 Å². The first-order valence-corrected chi connectivity index (χ1v) is 6.19. The van der Waals surface area contributed by atoms with Crippen LogP contribution < -0.4 is 9.64 Å². The van der Waals surface area contributed by atoms with E-state index in [0.717, 1.165) is 12.8 Å². The molecule has 4 heteroatoms. The molecule has 0 atom stereocenters. The number of carbonyl (C=O) groups is 2. The van der Waals surface area contributed by atoms with Gasteiger partial charge in [0, 0.05) is 6.04 Å². The maximum atomic E-state index is 12.1. The van der Waals surface area contributed by atoms with Gasteiger partial charge in [-0.1, -0.05) is 13.8 Å². The van der Waals surface area contributed by atoms with Crippen molar-refractivity contribution in [1.82, 2.24) is 0 Å². The van der Waals surface area contributed by atoms with Gasteiger partial charge in [-0.15, -0.1) is 0 Å². The van der Waals surface area contributed by atoms with E-state index in [9.17, 15) is 9.59 Å². The molecule has 0 radical (unpaired) electrons. The summed E-state index contributed by atoms with van der Waals surface area (Å²) in [7, 11) is 1.54. The molecule has 1 aliphatic heterocycles. The van der Waals surface area contributed by atoms with Crippen LogP contribution in [0.5, 0.6) is 5.75 Å². The Kier molecular flexibility index (Phi) is 3.36. The lowest BCUT2D eigenvalue weighted by Crippen LogP contribution is -2.38. The molecule has 96 valence electrons. The number of methoxy groups -OCH3 is 1. The lowest BCUT2D eigenvalue weighted by Gasteiger charge is -2.25. The predicted octanol–water partition coefficient (Wildman–Crippen LogP) is 2.41. The number of carbonyl (C=O) groups excluding carboxylic acids is 2. The molecule has 0 aromatic heterocycles. The first-order valence-electron chi connectivity index (χ1n) is 6.19. The van der Waals surface area contributed by atoms with Gasteiger partial charge in [0.1, 0.15) is 5.75 Å². The Hall–Kier alpha value is -1.84. The number of Topliss-reactive ketones (excluding diaryl/α,β-unsaturated/α-hetero) is 1. The molecular formula is C14H17NO3. The molecule has 18 heavy (non-hydrogen) atoms. The van der Waals surface area contributed by atoms with Gasteiger partial charge >= 0.3 is 0 Å². The van der Waals surface area contributed by atoms with Crippen molar-refractivity contribution in [3.63, 3.8) is 0 Å². The monoisotopic (exact) mass is 247 g/mol. The maximum Gasteiger partial charge on any atom is 0.299 e. The molecule has 0 saturated heterocycles. The van der Waals surface area contributed by atoms with Gasteiger partial charge in [0.25, 0.3) is 11.7 Å². The maximum absolute atomic E-state index is 12.1. The van der Waals surface area contributed by atoms with Crippen LogP contribution in [0.25, 0.3) is 0 Å². The summed E-state index contributed by atoms with van der Waals surface area (Å²) in [5, 5.41) is 0. The average molecular weight is 247 g/mol. The Labute approximate surface area is 107 Å². The Morgan fingerprint density at radius 2 is 1.89 bits per heavy atom. The van der Waals surface area contributed by atoms with E-state index in [0.29, 0.717) is 17.0 Å². The molecule has 0 saturated carbocycles. The van der Waals surface area contributed by atoms with Crippen molar-refractivity contribution in [2.24, 2.45) is 0 Å². The zero-order valence-corrected chi connectivity index (χ0v) is 10.9. The average Bonchev–Trinajstić information content (AvgIpc) is 2.65. The smallest absolute Gasteiger partial charge is 0.299 e. The van der Waals surface area contributed by atoms with E-state index in [2.05, 4.69) is 0 Å². The lowest BCUT2D eigenvalue weighted by atomic mass is 10.1. The van der Waals surface area contributed by atoms with Gasteiger partial charge < -0.3 is 9.64 Å². The molecule has 0 fully saturated rings. The molecule has 0 aliphatic carbocycles. The summed E-state index contributed by atoms with van der Waals surface area (Å²) in [5.41, 5.74) is 1.16. The molecular weight excluding hydrogens is 230 g/mol. The Balaban J connectivity index is 2.49. The molecule has 0 N–H and O–H groups in total. The Bertz CT molecular complexity index is 492. The molecule has 1 aromatic rings. The second-order valence-electron chi connectivity index (χ2n) is 4.36. The van der Waals surface area contributed by atoms with Crippen LogP contribution in [0.15, 0.2) is 18.2 Å². The van der Waals surface area contributed by atoms with Gasteiger partial charge in [-0.25, -0.2) is 0 Å². The summed E-state index contributed by atoms with van der Waals surface area (Å²) in [6.45, 7) is 4.04. The lowest BCUT2D eigenvalue weighted by molar-refractivity contribution is -0.114. The van der Waals surface area contributed by atoms with Crippen LogP contribution in [-0.2, 0) is 4.79 Å². The van der Waals surface area contributed by atoms with E-state index in [1.54, 1.807) is 30.2 Å². The molecule has 2 rings (SSSR count). The van der Waals surface area contributed by atoms with E-state index in [1.807, 2.05) is 13.8 Å². The highest BCUT2D eigenvalue weighted by Crippen LogP contribution is 2.34. The third-order valence-corrected chi connectivity index (χ3v) is 3.43. The Morgan fingerprint density at radius 1 is 1.22 bits per heavy atom. The van der Waals surface area contributed by atoms with Crippen molar-refractivity contribution in [3.05, 3.63) is 23.8 Å². The van der Waals surface area contributed by atoms with Crippen LogP contribution in [-0.4, -0.2) is 24.8 Å². The molecule has 0 spiro atoms. The van der Waals surface area contributed by atoms with Crippen LogP contribution in [0.2, 0.25) is 0 Å². The molecule has 0 unspecified atom stereocenters. The zero-order valence-electron chi connectivity index (χ0n) is 10.9. The minimum absolute atomic E-state index is 0.0797. The summed E-state index contributed by atoms with van der Waals surface area (Å²) in [5.74, 6) is -0.260. The van der Waals surface area contributed by atoms with E-state index < -0.39 is 11.7 Å². The fraction of sp³-hybridized carbons (Fsp3) is 0.429. The van der Waals surface area contributed by atoms with Gasteiger partial charge in [-0.3, -0.25) is 9.59 Å². The van der Waals surface area contributed by atoms with Crippen molar-refractivity contribution in [1.29, 1.82) is 0 Å². The molecule has 1 aliphatic rings. The molecule has 1 aromatic carbocycles. The Morgan fingerprint density at radius 3 is 2.44 bits per heavy atom. The summed E-state index contributed by atoms with van der Waals surface area (Å²) in [6.07, 6.45) is 1.67. The number of hydrogen-bond donors (Lipinski definition) is 0. The highest BCUT2D eigenvalue weighted by molar-refractivity contribution is 6.52. The standard InChI is InChI=1S/C14H17NO3/c1-4-9(5-2)15-12-7-6-10(18-3)8-11(12)13(16)14(15)17/h6-9H,4-5H2,1-3H3. The topological polar surface area (TPSA) is 46.6 Å². The minimum Gasteiger partial charge on any atom is -0.497 e. The highest BCUT2D eigenvalue weighted by Gasteiger charge is 2.38. The van der Waals surface area contributed by atoms with Crippen molar-refractivity contribution < 1.29 is 14.3 Å². The molecule has 4 nitrogen and oxygen atoms in total. The van der Waals surface area contributed by atoms with Crippen molar-refractivity contribution in [2.45, 2.75) is 32.7 Å². The fourth-order valence-corrected chi connectivity index (χ4v) is 2.38. The summed E-state index contributed by atoms with van der Waals surface area (Å²) in [4.78, 5) is 25.6. The zero-order chi connectivity index (χ0) is 13.3. The quantitative estimate of drug-likeness (QED) is 0.768. The number of ketones is 1. The molecule has 1 amide bonds. The second-order valence-corrected chi connectivity index (χ2v) is 4.36. The van der Waals surface area contributed by atoms with Crippen molar-refractivity contribution in [2.75, 3.05) is 12.0 Å². The van der Waals surface area contributed by atoms with Gasteiger partial charge in [0.2, 0.25) is 0 Å². The number of hydrogen-bond acceptors (Lipinski definition) is 3. The number of ether oxygens (including phenoxy) is 1. The van der Waals surface area contributed by atoms with E-state index in [4.69, 9.17) is 4.74 Å². The molecule has 1 heterocycles. The summed E-state index contributed by atoms with van der Waals surface area (Å²) < 4.78 is 5.09.